The fourth-order valence-electron chi connectivity index (χ4n) is 3.02. The van der Waals surface area contributed by atoms with Gasteiger partial charge < -0.3 is 14.5 Å². The van der Waals surface area contributed by atoms with E-state index in [4.69, 9.17) is 4.52 Å². The predicted molar refractivity (Wildman–Crippen MR) is 86.7 cm³/mol. The summed E-state index contributed by atoms with van der Waals surface area (Å²) < 4.78 is 4.98. The van der Waals surface area contributed by atoms with Gasteiger partial charge in [0.15, 0.2) is 5.78 Å². The molecule has 0 saturated carbocycles. The number of carbonyl (C=O) groups excluding carboxylic acids is 2. The van der Waals surface area contributed by atoms with Crippen LogP contribution in [0.5, 0.6) is 5.75 Å². The number of ketones is 1. The van der Waals surface area contributed by atoms with Crippen LogP contribution in [0, 0.1) is 12.8 Å². The first-order valence-electron chi connectivity index (χ1n) is 8.06. The molecule has 0 spiro atoms. The van der Waals surface area contributed by atoms with Crippen LogP contribution in [0.4, 0.5) is 0 Å². The van der Waals surface area contributed by atoms with Gasteiger partial charge in [-0.1, -0.05) is 5.16 Å². The lowest BCUT2D eigenvalue weighted by molar-refractivity contribution is -0.131. The van der Waals surface area contributed by atoms with Gasteiger partial charge >= 0.3 is 0 Å². The minimum atomic E-state index is -0.0760. The van der Waals surface area contributed by atoms with Crippen LogP contribution in [0.2, 0.25) is 0 Å². The molecule has 1 fully saturated rings. The van der Waals surface area contributed by atoms with Gasteiger partial charge in [0.05, 0.1) is 12.1 Å². The van der Waals surface area contributed by atoms with Crippen molar-refractivity contribution in [1.29, 1.82) is 0 Å². The van der Waals surface area contributed by atoms with Crippen molar-refractivity contribution in [3.05, 3.63) is 47.3 Å². The Morgan fingerprint density at radius 1 is 1.25 bits per heavy atom. The summed E-state index contributed by atoms with van der Waals surface area (Å²) in [5, 5.41) is 13.1. The van der Waals surface area contributed by atoms with E-state index in [2.05, 4.69) is 5.16 Å². The van der Waals surface area contributed by atoms with Crippen molar-refractivity contribution in [2.24, 2.45) is 5.92 Å². The van der Waals surface area contributed by atoms with E-state index in [-0.39, 0.29) is 29.8 Å². The van der Waals surface area contributed by atoms with E-state index in [9.17, 15) is 14.7 Å². The second-order valence-electron chi connectivity index (χ2n) is 6.17. The van der Waals surface area contributed by atoms with E-state index >= 15 is 0 Å². The summed E-state index contributed by atoms with van der Waals surface area (Å²) in [4.78, 5) is 26.5. The Morgan fingerprint density at radius 2 is 1.92 bits per heavy atom. The number of phenolic OH excluding ortho intramolecular Hbond substituents is 1. The number of carbonyl (C=O) groups is 2. The zero-order valence-electron chi connectivity index (χ0n) is 13.6. The first kappa shape index (κ1) is 16.2. The highest BCUT2D eigenvalue weighted by molar-refractivity contribution is 5.98. The summed E-state index contributed by atoms with van der Waals surface area (Å²) >= 11 is 0. The predicted octanol–water partition coefficient (Wildman–Crippen LogP) is 2.35. The number of nitrogens with zero attached hydrogens (tertiary/aromatic N) is 2. The van der Waals surface area contributed by atoms with E-state index in [1.54, 1.807) is 30.0 Å². The van der Waals surface area contributed by atoms with Gasteiger partial charge in [0.1, 0.15) is 11.5 Å². The molecule has 0 radical (unpaired) electrons. The second-order valence-corrected chi connectivity index (χ2v) is 6.17. The molecule has 3 rings (SSSR count). The Bertz CT molecular complexity index is 728. The van der Waals surface area contributed by atoms with Gasteiger partial charge in [-0.25, -0.2) is 0 Å². The maximum absolute atomic E-state index is 12.5. The number of aromatic nitrogens is 1. The van der Waals surface area contributed by atoms with E-state index in [0.29, 0.717) is 42.9 Å². The van der Waals surface area contributed by atoms with Crippen LogP contribution in [-0.2, 0) is 11.2 Å². The number of piperidine rings is 1. The number of hydrogen-bond donors (Lipinski definition) is 1. The van der Waals surface area contributed by atoms with E-state index < -0.39 is 0 Å². The van der Waals surface area contributed by atoms with Crippen molar-refractivity contribution in [2.45, 2.75) is 26.2 Å². The molecule has 24 heavy (non-hydrogen) atoms. The average Bonchev–Trinajstić information content (AvgIpc) is 3.00. The van der Waals surface area contributed by atoms with Crippen LogP contribution in [0.1, 0.15) is 34.7 Å². The van der Waals surface area contributed by atoms with Gasteiger partial charge in [0, 0.05) is 30.6 Å². The molecule has 0 aliphatic carbocycles. The lowest BCUT2D eigenvalue weighted by atomic mass is 9.88. The third kappa shape index (κ3) is 3.64. The molecule has 1 saturated heterocycles. The standard InChI is InChI=1S/C18H20N2O4/c1-12-10-15(19-24-12)11-17(22)20-8-6-14(7-9-20)18(23)13-2-4-16(21)5-3-13/h2-5,10,14,21H,6-9,11H2,1H3. The molecule has 1 N–H and O–H groups in total. The summed E-state index contributed by atoms with van der Waals surface area (Å²) in [7, 11) is 0. The van der Waals surface area contributed by atoms with Gasteiger partial charge in [0.25, 0.3) is 0 Å². The topological polar surface area (TPSA) is 83.6 Å². The Hall–Kier alpha value is -2.63. The highest BCUT2D eigenvalue weighted by atomic mass is 16.5. The number of amides is 1. The van der Waals surface area contributed by atoms with E-state index in [1.165, 1.54) is 12.1 Å². The van der Waals surface area contributed by atoms with Gasteiger partial charge in [-0.3, -0.25) is 9.59 Å². The first-order chi connectivity index (χ1) is 11.5. The minimum Gasteiger partial charge on any atom is -0.508 e. The largest absolute Gasteiger partial charge is 0.508 e. The quantitative estimate of drug-likeness (QED) is 0.871. The number of aryl methyl sites for hydroxylation is 1. The molecule has 1 aromatic heterocycles. The highest BCUT2D eigenvalue weighted by Crippen LogP contribution is 2.23. The molecule has 1 aliphatic heterocycles. The first-order valence-corrected chi connectivity index (χ1v) is 8.06. The van der Waals surface area contributed by atoms with Crippen molar-refractivity contribution in [3.8, 4) is 5.75 Å². The molecule has 1 aromatic carbocycles. The monoisotopic (exact) mass is 328 g/mol. The second kappa shape index (κ2) is 6.86. The third-order valence-corrected chi connectivity index (χ3v) is 4.38. The molecule has 6 nitrogen and oxygen atoms in total. The molecule has 126 valence electrons. The number of likely N-dealkylation sites (tertiary alicyclic amines) is 1. The molecular formula is C18H20N2O4. The van der Waals surface area contributed by atoms with Crippen molar-refractivity contribution >= 4 is 11.7 Å². The van der Waals surface area contributed by atoms with Crippen LogP contribution in [0.25, 0.3) is 0 Å². The van der Waals surface area contributed by atoms with Crippen molar-refractivity contribution in [3.63, 3.8) is 0 Å². The number of benzene rings is 1. The van der Waals surface area contributed by atoms with Crippen molar-refractivity contribution < 1.29 is 19.2 Å². The molecule has 2 heterocycles. The number of hydrogen-bond acceptors (Lipinski definition) is 5. The molecular weight excluding hydrogens is 308 g/mol. The van der Waals surface area contributed by atoms with Crippen LogP contribution < -0.4 is 0 Å². The molecule has 0 unspecified atom stereocenters. The molecule has 0 atom stereocenters. The molecule has 1 aliphatic rings. The van der Waals surface area contributed by atoms with Crippen LogP contribution in [0.15, 0.2) is 34.9 Å². The zero-order valence-corrected chi connectivity index (χ0v) is 13.6. The van der Waals surface area contributed by atoms with Crippen LogP contribution >= 0.6 is 0 Å². The normalized spacial score (nSPS) is 15.5. The maximum Gasteiger partial charge on any atom is 0.228 e. The zero-order chi connectivity index (χ0) is 17.1. The molecule has 2 aromatic rings. The summed E-state index contributed by atoms with van der Waals surface area (Å²) in [6.07, 6.45) is 1.54. The van der Waals surface area contributed by atoms with Crippen molar-refractivity contribution in [1.82, 2.24) is 10.1 Å². The summed E-state index contributed by atoms with van der Waals surface area (Å²) in [5.74, 6) is 0.854. The number of Topliss-reactive ketones (excluding diaryl/α,β-unsaturated/α-hetero) is 1. The Labute approximate surface area is 140 Å². The summed E-state index contributed by atoms with van der Waals surface area (Å²) in [6, 6.07) is 8.08. The average molecular weight is 328 g/mol. The number of aromatic hydroxyl groups is 1. The highest BCUT2D eigenvalue weighted by Gasteiger charge is 2.28. The van der Waals surface area contributed by atoms with Gasteiger partial charge in [-0.15, -0.1) is 0 Å². The fraction of sp³-hybridized carbons (Fsp3) is 0.389. The van der Waals surface area contributed by atoms with E-state index in [1.807, 2.05) is 0 Å². The Balaban J connectivity index is 1.54. The van der Waals surface area contributed by atoms with Crippen LogP contribution in [0.3, 0.4) is 0 Å². The molecule has 6 heteroatoms. The van der Waals surface area contributed by atoms with Crippen LogP contribution in [-0.4, -0.2) is 39.9 Å². The Kier molecular flexibility index (Phi) is 4.64. The number of phenols is 1. The van der Waals surface area contributed by atoms with Gasteiger partial charge in [-0.05, 0) is 44.0 Å². The summed E-state index contributed by atoms with van der Waals surface area (Å²) in [5.41, 5.74) is 1.25. The maximum atomic E-state index is 12.5. The summed E-state index contributed by atoms with van der Waals surface area (Å²) in [6.45, 7) is 2.94. The Morgan fingerprint density at radius 3 is 2.50 bits per heavy atom. The molecule has 1 amide bonds. The van der Waals surface area contributed by atoms with E-state index in [0.717, 1.165) is 0 Å². The van der Waals surface area contributed by atoms with Gasteiger partial charge in [0.2, 0.25) is 5.91 Å². The number of rotatable bonds is 4. The minimum absolute atomic E-state index is 0.0128. The third-order valence-electron chi connectivity index (χ3n) is 4.38. The molecule has 0 bridgehead atoms. The SMILES string of the molecule is Cc1cc(CC(=O)N2CCC(C(=O)c3ccc(O)cc3)CC2)no1. The lowest BCUT2D eigenvalue weighted by Gasteiger charge is -2.31. The fourth-order valence-corrected chi connectivity index (χ4v) is 3.02. The van der Waals surface area contributed by atoms with Crippen molar-refractivity contribution in [2.75, 3.05) is 13.1 Å². The van der Waals surface area contributed by atoms with Gasteiger partial charge in [-0.2, -0.15) is 0 Å². The lowest BCUT2D eigenvalue weighted by Crippen LogP contribution is -2.41. The smallest absolute Gasteiger partial charge is 0.228 e.